The molecule has 0 bridgehead atoms. The van der Waals surface area contributed by atoms with Gasteiger partial charge in [-0.25, -0.2) is 0 Å². The van der Waals surface area contributed by atoms with Gasteiger partial charge in [0.05, 0.1) is 12.0 Å². The predicted octanol–water partition coefficient (Wildman–Crippen LogP) is 3.57. The number of benzene rings is 2. The van der Waals surface area contributed by atoms with Crippen LogP contribution in [0.1, 0.15) is 30.0 Å². The summed E-state index contributed by atoms with van der Waals surface area (Å²) in [6.45, 7) is 1.77. The smallest absolute Gasteiger partial charge is 0.307 e. The van der Waals surface area contributed by atoms with Crippen molar-refractivity contribution in [2.24, 2.45) is 11.3 Å². The largest absolute Gasteiger partial charge is 0.481 e. The highest BCUT2D eigenvalue weighted by atomic mass is 16.4. The lowest BCUT2D eigenvalue weighted by Crippen LogP contribution is -2.66. The third-order valence-corrected chi connectivity index (χ3v) is 5.60. The van der Waals surface area contributed by atoms with E-state index in [1.807, 2.05) is 12.1 Å². The highest BCUT2D eigenvalue weighted by Gasteiger charge is 2.58. The second-order valence-electron chi connectivity index (χ2n) is 6.92. The Morgan fingerprint density at radius 1 is 1.00 bits per heavy atom. The number of hydrogen-bond acceptors (Lipinski definition) is 2. The van der Waals surface area contributed by atoms with Gasteiger partial charge in [-0.05, 0) is 24.0 Å². The van der Waals surface area contributed by atoms with E-state index in [1.54, 1.807) is 0 Å². The molecule has 2 fully saturated rings. The summed E-state index contributed by atoms with van der Waals surface area (Å²) in [5, 5.41) is 9.37. The molecule has 1 aliphatic carbocycles. The molecule has 1 saturated heterocycles. The summed E-state index contributed by atoms with van der Waals surface area (Å²) in [4.78, 5) is 13.8. The maximum Gasteiger partial charge on any atom is 0.307 e. The number of aliphatic carboxylic acids is 1. The van der Waals surface area contributed by atoms with Crippen molar-refractivity contribution in [3.05, 3.63) is 71.8 Å². The summed E-state index contributed by atoms with van der Waals surface area (Å²) >= 11 is 0. The minimum atomic E-state index is -0.619. The zero-order chi connectivity index (χ0) is 15.9. The SMILES string of the molecule is O=C(O)C1CCC12CN(C(c1ccccc1)c1ccccc1)C2. The number of likely N-dealkylation sites (tertiary alicyclic amines) is 1. The maximum absolute atomic E-state index is 11.4. The van der Waals surface area contributed by atoms with Crippen LogP contribution in [0.15, 0.2) is 60.7 Å². The van der Waals surface area contributed by atoms with E-state index in [0.29, 0.717) is 0 Å². The Hall–Kier alpha value is -2.13. The van der Waals surface area contributed by atoms with Gasteiger partial charge < -0.3 is 5.11 Å². The van der Waals surface area contributed by atoms with Crippen molar-refractivity contribution >= 4 is 5.97 Å². The fourth-order valence-electron chi connectivity index (χ4n) is 4.29. The van der Waals surface area contributed by atoms with Gasteiger partial charge in [0.2, 0.25) is 0 Å². The first kappa shape index (κ1) is 14.5. The lowest BCUT2D eigenvalue weighted by atomic mass is 9.55. The van der Waals surface area contributed by atoms with Gasteiger partial charge in [0.1, 0.15) is 0 Å². The molecule has 2 aromatic rings. The highest BCUT2D eigenvalue weighted by molar-refractivity contribution is 5.72. The monoisotopic (exact) mass is 307 g/mol. The third kappa shape index (κ3) is 2.36. The summed E-state index contributed by atoms with van der Waals surface area (Å²) in [7, 11) is 0. The van der Waals surface area contributed by atoms with Gasteiger partial charge >= 0.3 is 5.97 Å². The summed E-state index contributed by atoms with van der Waals surface area (Å²) < 4.78 is 0. The zero-order valence-corrected chi connectivity index (χ0v) is 13.1. The van der Waals surface area contributed by atoms with Crippen LogP contribution in [0.5, 0.6) is 0 Å². The van der Waals surface area contributed by atoms with Gasteiger partial charge in [-0.3, -0.25) is 9.69 Å². The molecule has 0 aromatic heterocycles. The van der Waals surface area contributed by atoms with Crippen LogP contribution in [0.3, 0.4) is 0 Å². The number of nitrogens with zero attached hydrogens (tertiary/aromatic N) is 1. The van der Waals surface area contributed by atoms with Crippen LogP contribution in [0.25, 0.3) is 0 Å². The van der Waals surface area contributed by atoms with Gasteiger partial charge in [-0.15, -0.1) is 0 Å². The van der Waals surface area contributed by atoms with Gasteiger partial charge in [-0.2, -0.15) is 0 Å². The van der Waals surface area contributed by atoms with Crippen molar-refractivity contribution in [3.63, 3.8) is 0 Å². The second kappa shape index (κ2) is 5.50. The molecule has 23 heavy (non-hydrogen) atoms. The Labute approximate surface area is 136 Å². The van der Waals surface area contributed by atoms with Crippen LogP contribution in [0.2, 0.25) is 0 Å². The Morgan fingerprint density at radius 2 is 1.52 bits per heavy atom. The molecule has 1 N–H and O–H groups in total. The van der Waals surface area contributed by atoms with E-state index in [4.69, 9.17) is 0 Å². The highest BCUT2D eigenvalue weighted by Crippen LogP contribution is 2.55. The molecule has 2 aliphatic rings. The van der Waals surface area contributed by atoms with E-state index in [-0.39, 0.29) is 17.4 Å². The van der Waals surface area contributed by atoms with E-state index in [9.17, 15) is 9.90 Å². The van der Waals surface area contributed by atoms with Crippen LogP contribution in [0.4, 0.5) is 0 Å². The number of carbonyl (C=O) groups is 1. The normalized spacial score (nSPS) is 22.6. The summed E-state index contributed by atoms with van der Waals surface area (Å²) in [6.07, 6.45) is 1.89. The van der Waals surface area contributed by atoms with Gasteiger partial charge in [0, 0.05) is 18.5 Å². The van der Waals surface area contributed by atoms with Crippen molar-refractivity contribution in [2.45, 2.75) is 18.9 Å². The molecule has 118 valence electrons. The molecular formula is C20H21NO2. The third-order valence-electron chi connectivity index (χ3n) is 5.60. The molecule has 4 rings (SSSR count). The van der Waals surface area contributed by atoms with Crippen molar-refractivity contribution in [2.75, 3.05) is 13.1 Å². The second-order valence-corrected chi connectivity index (χ2v) is 6.92. The van der Waals surface area contributed by atoms with Crippen molar-refractivity contribution in [1.29, 1.82) is 0 Å². The predicted molar refractivity (Wildman–Crippen MR) is 89.1 cm³/mol. The molecule has 3 heteroatoms. The molecule has 1 saturated carbocycles. The molecule has 0 radical (unpaired) electrons. The summed E-state index contributed by atoms with van der Waals surface area (Å²) in [5.41, 5.74) is 2.58. The summed E-state index contributed by atoms with van der Waals surface area (Å²) in [5.74, 6) is -0.766. The fraction of sp³-hybridized carbons (Fsp3) is 0.350. The minimum Gasteiger partial charge on any atom is -0.481 e. The van der Waals surface area contributed by atoms with Gasteiger partial charge in [0.25, 0.3) is 0 Å². The molecule has 0 amide bonds. The average molecular weight is 307 g/mol. The molecule has 1 unspecified atom stereocenters. The van der Waals surface area contributed by atoms with Crippen LogP contribution in [-0.4, -0.2) is 29.1 Å². The number of carboxylic acid groups (broad SMARTS) is 1. The average Bonchev–Trinajstić information content (AvgIpc) is 2.50. The molecule has 3 nitrogen and oxygen atoms in total. The topological polar surface area (TPSA) is 40.5 Å². The standard InChI is InChI=1S/C20H21NO2/c22-19(23)17-11-12-20(17)13-21(14-20)18(15-7-3-1-4-8-15)16-9-5-2-6-10-16/h1-10,17-18H,11-14H2,(H,22,23). The van der Waals surface area contributed by atoms with Crippen molar-refractivity contribution in [3.8, 4) is 0 Å². The van der Waals surface area contributed by atoms with Crippen molar-refractivity contribution < 1.29 is 9.90 Å². The first-order chi connectivity index (χ1) is 11.2. The first-order valence-corrected chi connectivity index (χ1v) is 8.26. The molecule has 1 aliphatic heterocycles. The fourth-order valence-corrected chi connectivity index (χ4v) is 4.29. The van der Waals surface area contributed by atoms with Gasteiger partial charge in [-0.1, -0.05) is 60.7 Å². The molecule has 1 spiro atoms. The van der Waals surface area contributed by atoms with Crippen LogP contribution in [0, 0.1) is 11.3 Å². The van der Waals surface area contributed by atoms with E-state index < -0.39 is 5.97 Å². The number of rotatable bonds is 4. The number of hydrogen-bond donors (Lipinski definition) is 1. The molecular weight excluding hydrogens is 286 g/mol. The van der Waals surface area contributed by atoms with Crippen LogP contribution < -0.4 is 0 Å². The Morgan fingerprint density at radius 3 is 1.91 bits per heavy atom. The Kier molecular flexibility index (Phi) is 3.46. The lowest BCUT2D eigenvalue weighted by molar-refractivity contribution is -0.174. The Balaban J connectivity index is 1.60. The van der Waals surface area contributed by atoms with Gasteiger partial charge in [0.15, 0.2) is 0 Å². The van der Waals surface area contributed by atoms with E-state index in [0.717, 1.165) is 25.9 Å². The summed E-state index contributed by atoms with van der Waals surface area (Å²) in [6, 6.07) is 21.2. The van der Waals surface area contributed by atoms with Crippen LogP contribution >= 0.6 is 0 Å². The van der Waals surface area contributed by atoms with E-state index in [1.165, 1.54) is 11.1 Å². The molecule has 2 aromatic carbocycles. The first-order valence-electron chi connectivity index (χ1n) is 8.26. The maximum atomic E-state index is 11.4. The minimum absolute atomic E-state index is 0.0215. The van der Waals surface area contributed by atoms with E-state index >= 15 is 0 Å². The van der Waals surface area contributed by atoms with Crippen molar-refractivity contribution in [1.82, 2.24) is 4.90 Å². The van der Waals surface area contributed by atoms with Crippen LogP contribution in [-0.2, 0) is 4.79 Å². The number of carboxylic acids is 1. The lowest BCUT2D eigenvalue weighted by Gasteiger charge is -2.61. The zero-order valence-electron chi connectivity index (χ0n) is 13.1. The molecule has 1 atom stereocenters. The quantitative estimate of drug-likeness (QED) is 0.938. The van der Waals surface area contributed by atoms with E-state index in [2.05, 4.69) is 53.4 Å². The Bertz CT molecular complexity index is 653. The molecule has 1 heterocycles.